The molecule has 4 heterocycles. The largest absolute Gasteiger partial charge is 0.379 e. The number of rotatable bonds is 9. The maximum Gasteiger partial charge on any atom is 0.228 e. The van der Waals surface area contributed by atoms with Crippen molar-refractivity contribution in [3.05, 3.63) is 58.7 Å². The van der Waals surface area contributed by atoms with Gasteiger partial charge in [-0.3, -0.25) is 14.7 Å². The van der Waals surface area contributed by atoms with Gasteiger partial charge in [-0.2, -0.15) is 0 Å². The molecule has 3 aromatic heterocycles. The minimum atomic E-state index is 0.122. The molecule has 1 saturated heterocycles. The summed E-state index contributed by atoms with van der Waals surface area (Å²) >= 11 is 3.28. The van der Waals surface area contributed by atoms with Crippen molar-refractivity contribution < 1.29 is 9.53 Å². The topological polar surface area (TPSA) is 58.6 Å². The molecule has 0 spiro atoms. The molecule has 4 rings (SSSR count). The third kappa shape index (κ3) is 5.95. The molecule has 30 heavy (non-hydrogen) atoms. The van der Waals surface area contributed by atoms with Crippen molar-refractivity contribution in [2.24, 2.45) is 0 Å². The van der Waals surface area contributed by atoms with Crippen LogP contribution in [0.25, 0.3) is 9.88 Å². The molecule has 0 atom stereocenters. The van der Waals surface area contributed by atoms with Crippen molar-refractivity contribution >= 4 is 28.6 Å². The molecule has 158 valence electrons. The Balaban J connectivity index is 1.37. The van der Waals surface area contributed by atoms with Gasteiger partial charge in [-0.05, 0) is 35.6 Å². The number of carbonyl (C=O) groups excluding carboxylic acids is 1. The standard InChI is InChI=1S/C22H26N4O2S2/c27-21(15-19-17-30-22(24-19)20-3-1-14-29-20)26(16-18-4-6-23-7-5-18)9-2-8-25-10-12-28-13-11-25/h1,3-7,14,17H,2,8-13,15-16H2. The van der Waals surface area contributed by atoms with E-state index in [4.69, 9.17) is 4.74 Å². The fraction of sp³-hybridized carbons (Fsp3) is 0.409. The van der Waals surface area contributed by atoms with Gasteiger partial charge in [0.25, 0.3) is 0 Å². The van der Waals surface area contributed by atoms with Crippen LogP contribution in [0.1, 0.15) is 17.7 Å². The number of hydrogen-bond donors (Lipinski definition) is 0. The van der Waals surface area contributed by atoms with Crippen LogP contribution in [0.4, 0.5) is 0 Å². The fourth-order valence-electron chi connectivity index (χ4n) is 3.48. The first-order valence-corrected chi connectivity index (χ1v) is 12.0. The van der Waals surface area contributed by atoms with Crippen LogP contribution in [0.5, 0.6) is 0 Å². The zero-order valence-corrected chi connectivity index (χ0v) is 18.5. The van der Waals surface area contributed by atoms with Gasteiger partial charge in [-0.25, -0.2) is 4.98 Å². The van der Waals surface area contributed by atoms with E-state index in [1.54, 1.807) is 35.1 Å². The average Bonchev–Trinajstić information content (AvgIpc) is 3.46. The predicted octanol–water partition coefficient (Wildman–Crippen LogP) is 3.56. The van der Waals surface area contributed by atoms with Gasteiger partial charge < -0.3 is 9.64 Å². The summed E-state index contributed by atoms with van der Waals surface area (Å²) in [6.45, 7) is 5.88. The number of nitrogens with zero attached hydrogens (tertiary/aromatic N) is 4. The molecule has 0 radical (unpaired) electrons. The first-order valence-electron chi connectivity index (χ1n) is 10.2. The van der Waals surface area contributed by atoms with Crippen molar-refractivity contribution in [2.45, 2.75) is 19.4 Å². The lowest BCUT2D eigenvalue weighted by atomic mass is 10.2. The summed E-state index contributed by atoms with van der Waals surface area (Å²) in [5.41, 5.74) is 1.95. The van der Waals surface area contributed by atoms with E-state index in [0.29, 0.717) is 13.0 Å². The van der Waals surface area contributed by atoms with Crippen molar-refractivity contribution in [1.29, 1.82) is 0 Å². The van der Waals surface area contributed by atoms with E-state index in [0.717, 1.165) is 67.0 Å². The van der Waals surface area contributed by atoms with Crippen LogP contribution < -0.4 is 0 Å². The van der Waals surface area contributed by atoms with Gasteiger partial charge in [0.2, 0.25) is 5.91 Å². The van der Waals surface area contributed by atoms with Crippen molar-refractivity contribution in [2.75, 3.05) is 39.4 Å². The third-order valence-electron chi connectivity index (χ3n) is 5.10. The molecular formula is C22H26N4O2S2. The summed E-state index contributed by atoms with van der Waals surface area (Å²) in [5, 5.41) is 5.04. The Morgan fingerprint density at radius 2 is 2.00 bits per heavy atom. The fourth-order valence-corrected chi connectivity index (χ4v) is 5.11. The normalized spacial score (nSPS) is 14.7. The summed E-state index contributed by atoms with van der Waals surface area (Å²) < 4.78 is 5.42. The molecule has 0 N–H and O–H groups in total. The summed E-state index contributed by atoms with van der Waals surface area (Å²) in [4.78, 5) is 27.4. The van der Waals surface area contributed by atoms with Crippen LogP contribution in [0, 0.1) is 0 Å². The minimum absolute atomic E-state index is 0.122. The second-order valence-corrected chi connectivity index (χ2v) is 9.08. The summed E-state index contributed by atoms with van der Waals surface area (Å²) in [6, 6.07) is 8.04. The van der Waals surface area contributed by atoms with E-state index < -0.39 is 0 Å². The molecule has 0 bridgehead atoms. The first kappa shape index (κ1) is 21.1. The molecule has 3 aromatic rings. The van der Waals surface area contributed by atoms with Crippen LogP contribution in [-0.2, 0) is 22.5 Å². The van der Waals surface area contributed by atoms with E-state index in [1.807, 2.05) is 33.9 Å². The Kier molecular flexibility index (Phi) is 7.58. The molecule has 8 heteroatoms. The number of thiazole rings is 1. The number of hydrogen-bond acceptors (Lipinski definition) is 7. The second kappa shape index (κ2) is 10.8. The van der Waals surface area contributed by atoms with Gasteiger partial charge in [0.1, 0.15) is 5.01 Å². The highest BCUT2D eigenvalue weighted by molar-refractivity contribution is 7.20. The van der Waals surface area contributed by atoms with E-state index >= 15 is 0 Å². The Morgan fingerprint density at radius 3 is 2.77 bits per heavy atom. The molecule has 0 aliphatic carbocycles. The number of carbonyl (C=O) groups is 1. The number of ether oxygens (including phenoxy) is 1. The first-order chi connectivity index (χ1) is 14.8. The highest BCUT2D eigenvalue weighted by Crippen LogP contribution is 2.28. The lowest BCUT2D eigenvalue weighted by Crippen LogP contribution is -2.39. The van der Waals surface area contributed by atoms with Crippen LogP contribution in [0.2, 0.25) is 0 Å². The molecule has 6 nitrogen and oxygen atoms in total. The molecule has 1 aliphatic rings. The summed E-state index contributed by atoms with van der Waals surface area (Å²) in [5.74, 6) is 0.122. The van der Waals surface area contributed by atoms with Gasteiger partial charge >= 0.3 is 0 Å². The number of aromatic nitrogens is 2. The Morgan fingerprint density at radius 1 is 1.17 bits per heavy atom. The summed E-state index contributed by atoms with van der Waals surface area (Å²) in [7, 11) is 0. The maximum absolute atomic E-state index is 13.1. The number of pyridine rings is 1. The molecule has 1 fully saturated rings. The minimum Gasteiger partial charge on any atom is -0.379 e. The molecule has 0 unspecified atom stereocenters. The van der Waals surface area contributed by atoms with Crippen LogP contribution >= 0.6 is 22.7 Å². The lowest BCUT2D eigenvalue weighted by molar-refractivity contribution is -0.131. The highest BCUT2D eigenvalue weighted by Gasteiger charge is 2.18. The van der Waals surface area contributed by atoms with Crippen molar-refractivity contribution in [3.63, 3.8) is 0 Å². The molecule has 1 amide bonds. The molecule has 1 aliphatic heterocycles. The number of morpholine rings is 1. The van der Waals surface area contributed by atoms with E-state index in [9.17, 15) is 4.79 Å². The second-order valence-electron chi connectivity index (χ2n) is 7.28. The highest BCUT2D eigenvalue weighted by atomic mass is 32.1. The lowest BCUT2D eigenvalue weighted by Gasteiger charge is -2.28. The van der Waals surface area contributed by atoms with Crippen molar-refractivity contribution in [1.82, 2.24) is 19.8 Å². The molecular weight excluding hydrogens is 416 g/mol. The summed E-state index contributed by atoms with van der Waals surface area (Å²) in [6.07, 6.45) is 4.84. The predicted molar refractivity (Wildman–Crippen MR) is 121 cm³/mol. The quantitative estimate of drug-likeness (QED) is 0.507. The monoisotopic (exact) mass is 442 g/mol. The Labute approximate surface area is 185 Å². The zero-order valence-electron chi connectivity index (χ0n) is 16.9. The van der Waals surface area contributed by atoms with Gasteiger partial charge in [0.05, 0.1) is 30.2 Å². The van der Waals surface area contributed by atoms with Gasteiger partial charge in [0, 0.05) is 50.5 Å². The Hall–Kier alpha value is -2.13. The number of amides is 1. The zero-order chi connectivity index (χ0) is 20.6. The maximum atomic E-state index is 13.1. The van der Waals surface area contributed by atoms with E-state index in [1.165, 1.54) is 0 Å². The van der Waals surface area contributed by atoms with Crippen LogP contribution in [0.15, 0.2) is 47.4 Å². The van der Waals surface area contributed by atoms with E-state index in [2.05, 4.69) is 20.9 Å². The molecule has 0 aromatic carbocycles. The van der Waals surface area contributed by atoms with E-state index in [-0.39, 0.29) is 5.91 Å². The van der Waals surface area contributed by atoms with Gasteiger partial charge in [-0.1, -0.05) is 6.07 Å². The van der Waals surface area contributed by atoms with Gasteiger partial charge in [0.15, 0.2) is 0 Å². The molecule has 0 saturated carbocycles. The smallest absolute Gasteiger partial charge is 0.228 e. The SMILES string of the molecule is O=C(Cc1csc(-c2cccs2)n1)N(CCCN1CCOCC1)Cc1ccncc1. The van der Waals surface area contributed by atoms with Crippen molar-refractivity contribution in [3.8, 4) is 9.88 Å². The average molecular weight is 443 g/mol. The Bertz CT molecular complexity index is 908. The van der Waals surface area contributed by atoms with Crippen LogP contribution in [0.3, 0.4) is 0 Å². The number of thiophene rings is 1. The van der Waals surface area contributed by atoms with Gasteiger partial charge in [-0.15, -0.1) is 22.7 Å². The van der Waals surface area contributed by atoms with Crippen LogP contribution in [-0.4, -0.2) is 65.1 Å². The third-order valence-corrected chi connectivity index (χ3v) is 7.03.